The Labute approximate surface area is 78.5 Å². The summed E-state index contributed by atoms with van der Waals surface area (Å²) in [6, 6.07) is 1.82. The maximum absolute atomic E-state index is 13.6. The predicted molar refractivity (Wildman–Crippen MR) is 43.9 cm³/mol. The molecule has 3 nitrogen and oxygen atoms in total. The van der Waals surface area contributed by atoms with Crippen LogP contribution < -0.4 is 5.73 Å². The summed E-state index contributed by atoms with van der Waals surface area (Å²) >= 11 is 0. The van der Waals surface area contributed by atoms with Crippen LogP contribution in [0.2, 0.25) is 0 Å². The molecule has 0 spiro atoms. The Morgan fingerprint density at radius 1 is 1.67 bits per heavy atom. The van der Waals surface area contributed by atoms with Gasteiger partial charge in [-0.15, -0.1) is 0 Å². The SMILES string of the molecule is [2H]C([2H])([2H])C(O)(c1ccc(N)nc1F)C([2H])([2H])[2H]. The number of nitrogens with two attached hydrogens (primary N) is 1. The average Bonchev–Trinajstić information content (AvgIpc) is 2.12. The molecular weight excluding hydrogens is 159 g/mol. The van der Waals surface area contributed by atoms with E-state index < -0.39 is 30.8 Å². The fourth-order valence-electron chi connectivity index (χ4n) is 0.718. The zero-order valence-corrected chi connectivity index (χ0v) is 6.00. The Kier molecular flexibility index (Phi) is 0.836. The molecule has 0 amide bonds. The van der Waals surface area contributed by atoms with E-state index in [0.717, 1.165) is 12.1 Å². The van der Waals surface area contributed by atoms with Crippen molar-refractivity contribution >= 4 is 5.82 Å². The van der Waals surface area contributed by atoms with Gasteiger partial charge in [0.2, 0.25) is 5.95 Å². The number of nitrogen functional groups attached to an aromatic ring is 1. The lowest BCUT2D eigenvalue weighted by Crippen LogP contribution is -2.18. The lowest BCUT2D eigenvalue weighted by atomic mass is 10.0. The summed E-state index contributed by atoms with van der Waals surface area (Å²) in [4.78, 5) is 3.12. The molecule has 1 heterocycles. The maximum Gasteiger partial charge on any atom is 0.220 e. The molecule has 0 saturated heterocycles. The summed E-state index contributed by atoms with van der Waals surface area (Å²) in [6.07, 6.45) is 0. The van der Waals surface area contributed by atoms with Crippen LogP contribution in [0.15, 0.2) is 12.1 Å². The van der Waals surface area contributed by atoms with Crippen LogP contribution in [0.3, 0.4) is 0 Å². The molecule has 0 atom stereocenters. The molecule has 0 bridgehead atoms. The van der Waals surface area contributed by atoms with E-state index in [-0.39, 0.29) is 5.82 Å². The molecule has 0 unspecified atom stereocenters. The second-order valence-electron chi connectivity index (χ2n) is 2.28. The molecule has 0 saturated carbocycles. The minimum absolute atomic E-state index is 0.255. The lowest BCUT2D eigenvalue weighted by molar-refractivity contribution is 0.0737. The van der Waals surface area contributed by atoms with E-state index >= 15 is 0 Å². The molecule has 0 aliphatic carbocycles. The highest BCUT2D eigenvalue weighted by Gasteiger charge is 2.21. The number of pyridine rings is 1. The third kappa shape index (κ3) is 1.71. The normalized spacial score (nSPS) is 21.2. The summed E-state index contributed by atoms with van der Waals surface area (Å²) in [6.45, 7) is -6.70. The third-order valence-corrected chi connectivity index (χ3v) is 1.26. The molecule has 0 radical (unpaired) electrons. The summed E-state index contributed by atoms with van der Waals surface area (Å²) < 4.78 is 56.3. The van der Waals surface area contributed by atoms with Gasteiger partial charge in [0.25, 0.3) is 0 Å². The van der Waals surface area contributed by atoms with Crippen LogP contribution in [-0.4, -0.2) is 10.1 Å². The number of aliphatic hydroxyl groups is 1. The first kappa shape index (κ1) is 3.70. The number of nitrogens with zero attached hydrogens (tertiary/aromatic N) is 1. The second kappa shape index (κ2) is 2.71. The van der Waals surface area contributed by atoms with Gasteiger partial charge < -0.3 is 10.8 Å². The number of hydrogen-bond donors (Lipinski definition) is 2. The molecule has 0 fully saturated rings. The van der Waals surface area contributed by atoms with E-state index in [2.05, 4.69) is 4.98 Å². The molecule has 1 aromatic rings. The molecule has 1 aromatic heterocycles. The van der Waals surface area contributed by atoms with Crippen LogP contribution in [0.4, 0.5) is 10.2 Å². The molecule has 0 aliphatic rings. The van der Waals surface area contributed by atoms with Gasteiger partial charge >= 0.3 is 0 Å². The summed E-state index contributed by atoms with van der Waals surface area (Å²) in [7, 11) is 0. The largest absolute Gasteiger partial charge is 0.386 e. The van der Waals surface area contributed by atoms with Crippen LogP contribution in [-0.2, 0) is 5.60 Å². The van der Waals surface area contributed by atoms with Crippen LogP contribution in [0, 0.1) is 5.95 Å². The molecule has 12 heavy (non-hydrogen) atoms. The summed E-state index contributed by atoms with van der Waals surface area (Å²) in [5.41, 5.74) is 0.899. The Balaban J connectivity index is 3.56. The maximum atomic E-state index is 13.6. The van der Waals surface area contributed by atoms with Crippen molar-refractivity contribution in [3.05, 3.63) is 23.6 Å². The van der Waals surface area contributed by atoms with Gasteiger partial charge in [-0.25, -0.2) is 4.98 Å². The van der Waals surface area contributed by atoms with Crippen LogP contribution in [0.25, 0.3) is 0 Å². The number of halogens is 1. The van der Waals surface area contributed by atoms with Crippen molar-refractivity contribution < 1.29 is 17.7 Å². The van der Waals surface area contributed by atoms with Gasteiger partial charge in [0, 0.05) is 13.8 Å². The topological polar surface area (TPSA) is 59.1 Å². The summed E-state index contributed by atoms with van der Waals surface area (Å²) in [5.74, 6) is -1.68. The van der Waals surface area contributed by atoms with E-state index in [4.69, 9.17) is 14.0 Å². The number of anilines is 1. The first-order valence-electron chi connectivity index (χ1n) is 6.06. The van der Waals surface area contributed by atoms with Crippen molar-refractivity contribution in [3.8, 4) is 0 Å². The molecule has 66 valence electrons. The Bertz CT molecular complexity index is 444. The van der Waals surface area contributed by atoms with Crippen molar-refractivity contribution in [2.24, 2.45) is 0 Å². The van der Waals surface area contributed by atoms with E-state index in [1.165, 1.54) is 0 Å². The fraction of sp³-hybridized carbons (Fsp3) is 0.375. The monoisotopic (exact) mass is 176 g/mol. The predicted octanol–water partition coefficient (Wildman–Crippen LogP) is 1.03. The standard InChI is InChI=1S/C8H11FN2O/c1-8(2,12)5-3-4-6(10)11-7(5)9/h3-4,12H,1-2H3,(H2,10,11)/i1D3,2D3. The highest BCUT2D eigenvalue weighted by atomic mass is 19.1. The smallest absolute Gasteiger partial charge is 0.220 e. The van der Waals surface area contributed by atoms with Gasteiger partial charge in [-0.05, 0) is 25.8 Å². The van der Waals surface area contributed by atoms with Crippen molar-refractivity contribution in [1.82, 2.24) is 4.98 Å². The van der Waals surface area contributed by atoms with E-state index in [1.807, 2.05) is 0 Å². The van der Waals surface area contributed by atoms with Crippen LogP contribution in [0.5, 0.6) is 0 Å². The first-order chi connectivity index (χ1) is 7.91. The molecule has 1 rings (SSSR count). The van der Waals surface area contributed by atoms with E-state index in [0.29, 0.717) is 0 Å². The highest BCUT2D eigenvalue weighted by molar-refractivity contribution is 5.32. The molecule has 4 heteroatoms. The van der Waals surface area contributed by atoms with Crippen LogP contribution >= 0.6 is 0 Å². The van der Waals surface area contributed by atoms with Gasteiger partial charge in [0.1, 0.15) is 5.82 Å². The van der Waals surface area contributed by atoms with Gasteiger partial charge in [-0.2, -0.15) is 4.39 Å². The zero-order valence-electron chi connectivity index (χ0n) is 12.0. The van der Waals surface area contributed by atoms with Crippen LogP contribution in [0.1, 0.15) is 27.5 Å². The van der Waals surface area contributed by atoms with Gasteiger partial charge in [0.05, 0.1) is 5.60 Å². The number of rotatable bonds is 1. The Morgan fingerprint density at radius 2 is 2.33 bits per heavy atom. The quantitative estimate of drug-likeness (QED) is 0.628. The number of hydrogen-bond acceptors (Lipinski definition) is 3. The van der Waals surface area contributed by atoms with E-state index in [1.54, 1.807) is 0 Å². The van der Waals surface area contributed by atoms with E-state index in [9.17, 15) is 9.50 Å². The lowest BCUT2D eigenvalue weighted by Gasteiger charge is -2.17. The average molecular weight is 176 g/mol. The van der Waals surface area contributed by atoms with Gasteiger partial charge in [-0.3, -0.25) is 0 Å². The molecule has 0 aliphatic heterocycles. The Morgan fingerprint density at radius 3 is 2.83 bits per heavy atom. The van der Waals surface area contributed by atoms with Gasteiger partial charge in [-0.1, -0.05) is 0 Å². The van der Waals surface area contributed by atoms with Crippen molar-refractivity contribution in [3.63, 3.8) is 0 Å². The fourth-order valence-corrected chi connectivity index (χ4v) is 0.718. The van der Waals surface area contributed by atoms with Crippen molar-refractivity contribution in [1.29, 1.82) is 0 Å². The number of aromatic nitrogens is 1. The minimum atomic E-state index is -3.35. The van der Waals surface area contributed by atoms with Gasteiger partial charge in [0.15, 0.2) is 0 Å². The minimum Gasteiger partial charge on any atom is -0.386 e. The van der Waals surface area contributed by atoms with Crippen molar-refractivity contribution in [2.75, 3.05) is 5.73 Å². The Hall–Kier alpha value is -1.16. The third-order valence-electron chi connectivity index (χ3n) is 1.26. The molecule has 0 aromatic carbocycles. The summed E-state index contributed by atoms with van der Waals surface area (Å²) in [5, 5.41) is 9.98. The first-order valence-corrected chi connectivity index (χ1v) is 3.06. The highest BCUT2D eigenvalue weighted by Crippen LogP contribution is 2.21. The zero-order chi connectivity index (χ0) is 14.4. The second-order valence-corrected chi connectivity index (χ2v) is 2.28. The molecule has 3 N–H and O–H groups in total. The van der Waals surface area contributed by atoms with Crippen molar-refractivity contribution in [2.45, 2.75) is 19.3 Å². The molecular formula is C8H11FN2O.